The molecular formula is C25H22FN5O3. The van der Waals surface area contributed by atoms with Gasteiger partial charge in [0.2, 0.25) is 5.88 Å². The molecule has 0 saturated carbocycles. The number of halogens is 1. The van der Waals surface area contributed by atoms with Crippen LogP contribution in [0.15, 0.2) is 73.1 Å². The van der Waals surface area contributed by atoms with Crippen molar-refractivity contribution in [3.05, 3.63) is 84.7 Å². The van der Waals surface area contributed by atoms with Gasteiger partial charge in [0, 0.05) is 36.3 Å². The molecule has 34 heavy (non-hydrogen) atoms. The molecule has 2 amide bonds. The molecule has 0 atom stereocenters. The molecular weight excluding hydrogens is 437 g/mol. The van der Waals surface area contributed by atoms with Crippen LogP contribution in [0.1, 0.15) is 12.7 Å². The van der Waals surface area contributed by atoms with Crippen LogP contribution in [-0.4, -0.2) is 28.1 Å². The summed E-state index contributed by atoms with van der Waals surface area (Å²) >= 11 is 0. The Morgan fingerprint density at radius 1 is 0.971 bits per heavy atom. The molecule has 2 N–H and O–H groups in total. The fourth-order valence-electron chi connectivity index (χ4n) is 3.14. The maximum atomic E-state index is 13.8. The Balaban J connectivity index is 1.43. The minimum atomic E-state index is -0.566. The third-order valence-corrected chi connectivity index (χ3v) is 4.81. The Bertz CT molecular complexity index is 1300. The third-order valence-electron chi connectivity index (χ3n) is 4.81. The van der Waals surface area contributed by atoms with E-state index in [1.54, 1.807) is 42.7 Å². The summed E-state index contributed by atoms with van der Waals surface area (Å²) in [6.45, 7) is 1.99. The quantitative estimate of drug-likeness (QED) is 0.369. The van der Waals surface area contributed by atoms with E-state index < -0.39 is 11.8 Å². The Kier molecular flexibility index (Phi) is 6.92. The Hall–Kier alpha value is -4.53. The lowest BCUT2D eigenvalue weighted by molar-refractivity contribution is 0.262. The van der Waals surface area contributed by atoms with Gasteiger partial charge in [-0.25, -0.2) is 24.1 Å². The molecule has 0 bridgehead atoms. The third kappa shape index (κ3) is 5.44. The molecule has 0 spiro atoms. The second kappa shape index (κ2) is 10.4. The fourth-order valence-corrected chi connectivity index (χ4v) is 3.14. The molecule has 0 radical (unpaired) electrons. The molecule has 4 aromatic rings. The van der Waals surface area contributed by atoms with E-state index in [1.807, 2.05) is 25.1 Å². The van der Waals surface area contributed by atoms with Gasteiger partial charge < -0.3 is 20.1 Å². The van der Waals surface area contributed by atoms with Crippen LogP contribution in [-0.2, 0) is 6.42 Å². The van der Waals surface area contributed by atoms with Crippen molar-refractivity contribution in [3.8, 4) is 28.6 Å². The number of nitrogens with zero attached hydrogens (tertiary/aromatic N) is 3. The van der Waals surface area contributed by atoms with E-state index in [-0.39, 0.29) is 5.75 Å². The lowest BCUT2D eigenvalue weighted by atomic mass is 10.2. The number of benzene rings is 2. The van der Waals surface area contributed by atoms with Crippen molar-refractivity contribution < 1.29 is 18.7 Å². The van der Waals surface area contributed by atoms with Crippen molar-refractivity contribution in [2.45, 2.75) is 13.3 Å². The zero-order chi connectivity index (χ0) is 23.9. The predicted octanol–water partition coefficient (Wildman–Crippen LogP) is 5.69. The summed E-state index contributed by atoms with van der Waals surface area (Å²) in [6.07, 6.45) is 4.08. The van der Waals surface area contributed by atoms with Gasteiger partial charge in [0.05, 0.1) is 18.4 Å². The maximum Gasteiger partial charge on any atom is 0.323 e. The molecule has 8 nitrogen and oxygen atoms in total. The number of aromatic nitrogens is 3. The van der Waals surface area contributed by atoms with Crippen LogP contribution in [0.5, 0.6) is 17.4 Å². The van der Waals surface area contributed by atoms with Gasteiger partial charge >= 0.3 is 6.03 Å². The van der Waals surface area contributed by atoms with Gasteiger partial charge in [-0.3, -0.25) is 0 Å². The number of rotatable bonds is 7. The highest BCUT2D eigenvalue weighted by atomic mass is 19.1. The number of methoxy groups -OCH3 is 1. The van der Waals surface area contributed by atoms with E-state index in [1.165, 1.54) is 19.2 Å². The summed E-state index contributed by atoms with van der Waals surface area (Å²) in [7, 11) is 1.37. The van der Waals surface area contributed by atoms with E-state index in [2.05, 4.69) is 25.6 Å². The molecule has 0 aliphatic rings. The van der Waals surface area contributed by atoms with Crippen molar-refractivity contribution in [2.24, 2.45) is 0 Å². The lowest BCUT2D eigenvalue weighted by Crippen LogP contribution is -2.19. The molecule has 0 aliphatic carbocycles. The highest BCUT2D eigenvalue weighted by Gasteiger charge is 2.11. The molecule has 2 heterocycles. The lowest BCUT2D eigenvalue weighted by Gasteiger charge is -2.11. The number of amides is 2. The van der Waals surface area contributed by atoms with Crippen molar-refractivity contribution in [1.29, 1.82) is 0 Å². The number of hydrogen-bond acceptors (Lipinski definition) is 6. The molecule has 0 aliphatic heterocycles. The summed E-state index contributed by atoms with van der Waals surface area (Å²) < 4.78 is 24.6. The Morgan fingerprint density at radius 3 is 2.47 bits per heavy atom. The highest BCUT2D eigenvalue weighted by molar-refractivity contribution is 5.99. The second-order valence-corrected chi connectivity index (χ2v) is 7.12. The first-order chi connectivity index (χ1) is 16.6. The van der Waals surface area contributed by atoms with Crippen molar-refractivity contribution in [2.75, 3.05) is 17.7 Å². The van der Waals surface area contributed by atoms with Crippen LogP contribution in [0.2, 0.25) is 0 Å². The first-order valence-electron chi connectivity index (χ1n) is 10.5. The minimum absolute atomic E-state index is 0.100. The fraction of sp³-hybridized carbons (Fsp3) is 0.120. The van der Waals surface area contributed by atoms with E-state index in [0.29, 0.717) is 23.0 Å². The number of aryl methyl sites for hydroxylation is 1. The minimum Gasteiger partial charge on any atom is -0.494 e. The standard InChI is InChI=1S/C25H22FN5O3/c1-3-23-27-14-12-21(31-23)19-5-4-13-28-24(19)34-18-9-6-16(7-10-18)29-25(32)30-17-8-11-22(33-2)20(26)15-17/h4-15H,3H2,1-2H3,(H2,29,30,32). The van der Waals surface area contributed by atoms with Crippen molar-refractivity contribution >= 4 is 17.4 Å². The number of carbonyl (C=O) groups excluding carboxylic acids is 1. The zero-order valence-corrected chi connectivity index (χ0v) is 18.6. The largest absolute Gasteiger partial charge is 0.494 e. The van der Waals surface area contributed by atoms with Crippen LogP contribution in [0.4, 0.5) is 20.6 Å². The van der Waals surface area contributed by atoms with Crippen LogP contribution >= 0.6 is 0 Å². The van der Waals surface area contributed by atoms with Crippen LogP contribution in [0, 0.1) is 5.82 Å². The van der Waals surface area contributed by atoms with Crippen LogP contribution in [0.25, 0.3) is 11.3 Å². The molecule has 2 aromatic heterocycles. The molecule has 4 rings (SSSR count). The Morgan fingerprint density at radius 2 is 1.74 bits per heavy atom. The van der Waals surface area contributed by atoms with E-state index in [0.717, 1.165) is 23.5 Å². The average molecular weight is 459 g/mol. The number of ether oxygens (including phenoxy) is 2. The molecule has 2 aromatic carbocycles. The van der Waals surface area contributed by atoms with Crippen molar-refractivity contribution in [3.63, 3.8) is 0 Å². The number of carbonyl (C=O) groups is 1. The van der Waals surface area contributed by atoms with Gasteiger partial charge in [-0.1, -0.05) is 6.92 Å². The molecule has 0 unspecified atom stereocenters. The van der Waals surface area contributed by atoms with E-state index >= 15 is 0 Å². The van der Waals surface area contributed by atoms with Crippen molar-refractivity contribution in [1.82, 2.24) is 15.0 Å². The molecule has 0 fully saturated rings. The monoisotopic (exact) mass is 459 g/mol. The molecule has 172 valence electrons. The number of hydrogen-bond donors (Lipinski definition) is 2. The van der Waals surface area contributed by atoms with Gasteiger partial charge in [0.15, 0.2) is 11.6 Å². The van der Waals surface area contributed by atoms with E-state index in [4.69, 9.17) is 9.47 Å². The smallest absolute Gasteiger partial charge is 0.323 e. The van der Waals surface area contributed by atoms with E-state index in [9.17, 15) is 9.18 Å². The average Bonchev–Trinajstić information content (AvgIpc) is 2.86. The predicted molar refractivity (Wildman–Crippen MR) is 127 cm³/mol. The zero-order valence-electron chi connectivity index (χ0n) is 18.6. The number of pyridine rings is 1. The summed E-state index contributed by atoms with van der Waals surface area (Å²) in [6, 6.07) is 15.9. The topological polar surface area (TPSA) is 98.3 Å². The summed E-state index contributed by atoms with van der Waals surface area (Å²) in [5, 5.41) is 5.26. The first kappa shape index (κ1) is 22.7. The summed E-state index contributed by atoms with van der Waals surface area (Å²) in [4.78, 5) is 25.4. The van der Waals surface area contributed by atoms with Gasteiger partial charge in [-0.05, 0) is 54.6 Å². The summed E-state index contributed by atoms with van der Waals surface area (Å²) in [5.74, 6) is 1.21. The van der Waals surface area contributed by atoms with Crippen LogP contribution in [0.3, 0.4) is 0 Å². The second-order valence-electron chi connectivity index (χ2n) is 7.12. The first-order valence-corrected chi connectivity index (χ1v) is 10.5. The molecule has 9 heteroatoms. The summed E-state index contributed by atoms with van der Waals surface area (Å²) in [5.41, 5.74) is 2.30. The van der Waals surface area contributed by atoms with Gasteiger partial charge in [0.1, 0.15) is 11.6 Å². The van der Waals surface area contributed by atoms with Gasteiger partial charge in [-0.2, -0.15) is 0 Å². The number of urea groups is 1. The van der Waals surface area contributed by atoms with Gasteiger partial charge in [-0.15, -0.1) is 0 Å². The highest BCUT2D eigenvalue weighted by Crippen LogP contribution is 2.30. The molecule has 0 saturated heterocycles. The Labute approximate surface area is 195 Å². The number of anilines is 2. The SMILES string of the molecule is CCc1nccc(-c2cccnc2Oc2ccc(NC(=O)Nc3ccc(OC)c(F)c3)cc2)n1. The number of nitrogens with one attached hydrogen (secondary N) is 2. The van der Waals surface area contributed by atoms with Gasteiger partial charge in [0.25, 0.3) is 0 Å². The maximum absolute atomic E-state index is 13.8. The van der Waals surface area contributed by atoms with Crippen LogP contribution < -0.4 is 20.1 Å². The normalized spacial score (nSPS) is 10.4.